The third-order valence-electron chi connectivity index (χ3n) is 4.01. The molecule has 0 aliphatic carbocycles. The zero-order valence-electron chi connectivity index (χ0n) is 12.1. The number of anilines is 1. The molecule has 0 radical (unpaired) electrons. The van der Waals surface area contributed by atoms with Gasteiger partial charge in [-0.2, -0.15) is 0 Å². The van der Waals surface area contributed by atoms with Crippen LogP contribution < -0.4 is 10.6 Å². The molecule has 5 heteroatoms. The zero-order chi connectivity index (χ0) is 14.7. The number of fused-ring (bicyclic) bond motifs is 1. The van der Waals surface area contributed by atoms with Crippen molar-refractivity contribution in [1.82, 2.24) is 9.88 Å². The molecule has 1 aromatic carbocycles. The standard InChI is InChI=1S/C16H21FN4/c17-14-3-4-15-13(12-14)2-5-16(19-15)21-10-8-20(9-11-21)7-1-6-18/h2-5,12H,1,6-11,18H2. The van der Waals surface area contributed by atoms with Crippen molar-refractivity contribution in [3.8, 4) is 0 Å². The molecule has 0 spiro atoms. The largest absolute Gasteiger partial charge is 0.354 e. The summed E-state index contributed by atoms with van der Waals surface area (Å²) in [5, 5.41) is 0.848. The maximum absolute atomic E-state index is 13.2. The third-order valence-corrected chi connectivity index (χ3v) is 4.01. The molecular formula is C16H21FN4. The van der Waals surface area contributed by atoms with E-state index in [1.807, 2.05) is 12.1 Å². The Bertz CT molecular complexity index is 608. The van der Waals surface area contributed by atoms with E-state index in [0.29, 0.717) is 0 Å². The average molecular weight is 288 g/mol. The summed E-state index contributed by atoms with van der Waals surface area (Å²) in [6.45, 7) is 5.87. The van der Waals surface area contributed by atoms with Crippen LogP contribution in [0.5, 0.6) is 0 Å². The van der Waals surface area contributed by atoms with Gasteiger partial charge in [-0.15, -0.1) is 0 Å². The van der Waals surface area contributed by atoms with E-state index in [2.05, 4.69) is 14.8 Å². The van der Waals surface area contributed by atoms with E-state index < -0.39 is 0 Å². The summed E-state index contributed by atoms with van der Waals surface area (Å²) in [4.78, 5) is 9.39. The molecule has 0 amide bonds. The van der Waals surface area contributed by atoms with Crippen molar-refractivity contribution in [3.63, 3.8) is 0 Å². The first-order valence-electron chi connectivity index (χ1n) is 7.50. The molecule has 0 atom stereocenters. The molecule has 1 saturated heterocycles. The van der Waals surface area contributed by atoms with Gasteiger partial charge in [0.2, 0.25) is 0 Å². The van der Waals surface area contributed by atoms with Crippen molar-refractivity contribution in [2.75, 3.05) is 44.2 Å². The molecule has 4 nitrogen and oxygen atoms in total. The molecule has 0 unspecified atom stereocenters. The fourth-order valence-corrected chi connectivity index (χ4v) is 2.78. The van der Waals surface area contributed by atoms with Gasteiger partial charge in [-0.05, 0) is 49.8 Å². The monoisotopic (exact) mass is 288 g/mol. The van der Waals surface area contributed by atoms with Crippen LogP contribution in [-0.4, -0.2) is 49.2 Å². The van der Waals surface area contributed by atoms with Crippen LogP contribution in [0.15, 0.2) is 30.3 Å². The van der Waals surface area contributed by atoms with E-state index in [-0.39, 0.29) is 5.82 Å². The summed E-state index contributed by atoms with van der Waals surface area (Å²) in [6.07, 6.45) is 1.06. The highest BCUT2D eigenvalue weighted by atomic mass is 19.1. The highest BCUT2D eigenvalue weighted by Gasteiger charge is 2.17. The van der Waals surface area contributed by atoms with Gasteiger partial charge in [-0.1, -0.05) is 0 Å². The highest BCUT2D eigenvalue weighted by Crippen LogP contribution is 2.20. The van der Waals surface area contributed by atoms with Crippen LogP contribution in [0.2, 0.25) is 0 Å². The summed E-state index contributed by atoms with van der Waals surface area (Å²) in [5.41, 5.74) is 6.40. The van der Waals surface area contributed by atoms with Crippen molar-refractivity contribution in [2.45, 2.75) is 6.42 Å². The maximum Gasteiger partial charge on any atom is 0.129 e. The third kappa shape index (κ3) is 3.31. The van der Waals surface area contributed by atoms with Crippen LogP contribution in [0.25, 0.3) is 10.9 Å². The number of pyridine rings is 1. The molecule has 0 bridgehead atoms. The first-order chi connectivity index (χ1) is 10.3. The summed E-state index contributed by atoms with van der Waals surface area (Å²) < 4.78 is 13.2. The first kappa shape index (κ1) is 14.2. The van der Waals surface area contributed by atoms with E-state index in [1.165, 1.54) is 12.1 Å². The predicted molar refractivity (Wildman–Crippen MR) is 84.0 cm³/mol. The summed E-state index contributed by atoms with van der Waals surface area (Å²) in [7, 11) is 0. The Morgan fingerprint density at radius 1 is 1.10 bits per heavy atom. The molecule has 0 saturated carbocycles. The zero-order valence-corrected chi connectivity index (χ0v) is 12.1. The summed E-state index contributed by atoms with van der Waals surface area (Å²) >= 11 is 0. The first-order valence-corrected chi connectivity index (χ1v) is 7.50. The molecule has 1 aliphatic rings. The number of hydrogen-bond donors (Lipinski definition) is 1. The molecule has 21 heavy (non-hydrogen) atoms. The van der Waals surface area contributed by atoms with E-state index in [0.717, 1.165) is 62.4 Å². The van der Waals surface area contributed by atoms with Gasteiger partial charge < -0.3 is 10.6 Å². The Morgan fingerprint density at radius 3 is 2.67 bits per heavy atom. The van der Waals surface area contributed by atoms with Crippen molar-refractivity contribution >= 4 is 16.7 Å². The highest BCUT2D eigenvalue weighted by molar-refractivity contribution is 5.80. The van der Waals surface area contributed by atoms with Gasteiger partial charge in [0.25, 0.3) is 0 Å². The normalized spacial score (nSPS) is 16.6. The molecule has 3 rings (SSSR count). The number of hydrogen-bond acceptors (Lipinski definition) is 4. The molecule has 112 valence electrons. The SMILES string of the molecule is NCCCN1CCN(c2ccc3cc(F)ccc3n2)CC1. The van der Waals surface area contributed by atoms with E-state index >= 15 is 0 Å². The second-order valence-corrected chi connectivity index (χ2v) is 5.48. The van der Waals surface area contributed by atoms with Crippen LogP contribution in [0.1, 0.15) is 6.42 Å². The lowest BCUT2D eigenvalue weighted by atomic mass is 10.2. The summed E-state index contributed by atoms with van der Waals surface area (Å²) in [6, 6.07) is 8.66. The fourth-order valence-electron chi connectivity index (χ4n) is 2.78. The van der Waals surface area contributed by atoms with Gasteiger partial charge in [0.15, 0.2) is 0 Å². The average Bonchev–Trinajstić information content (AvgIpc) is 2.53. The molecular weight excluding hydrogens is 267 g/mol. The van der Waals surface area contributed by atoms with Crippen LogP contribution in [0, 0.1) is 5.82 Å². The second-order valence-electron chi connectivity index (χ2n) is 5.48. The number of benzene rings is 1. The number of halogens is 1. The van der Waals surface area contributed by atoms with E-state index in [4.69, 9.17) is 5.73 Å². The minimum Gasteiger partial charge on any atom is -0.354 e. The van der Waals surface area contributed by atoms with E-state index in [1.54, 1.807) is 6.07 Å². The molecule has 1 aromatic heterocycles. The minimum absolute atomic E-state index is 0.217. The van der Waals surface area contributed by atoms with E-state index in [9.17, 15) is 4.39 Å². The van der Waals surface area contributed by atoms with Gasteiger partial charge in [-0.3, -0.25) is 4.90 Å². The summed E-state index contributed by atoms with van der Waals surface area (Å²) in [5.74, 6) is 0.762. The quantitative estimate of drug-likeness (QED) is 0.932. The molecule has 1 aliphatic heterocycles. The predicted octanol–water partition coefficient (Wildman–Crippen LogP) is 1.84. The number of rotatable bonds is 4. The Kier molecular flexibility index (Phi) is 4.31. The van der Waals surface area contributed by atoms with Crippen molar-refractivity contribution in [1.29, 1.82) is 0 Å². The number of nitrogens with zero attached hydrogens (tertiary/aromatic N) is 3. The minimum atomic E-state index is -0.217. The second kappa shape index (κ2) is 6.37. The van der Waals surface area contributed by atoms with Crippen molar-refractivity contribution in [3.05, 3.63) is 36.1 Å². The van der Waals surface area contributed by atoms with Gasteiger partial charge >= 0.3 is 0 Å². The van der Waals surface area contributed by atoms with Crippen LogP contribution in [-0.2, 0) is 0 Å². The van der Waals surface area contributed by atoms with Crippen molar-refractivity contribution < 1.29 is 4.39 Å². The van der Waals surface area contributed by atoms with Gasteiger partial charge in [-0.25, -0.2) is 9.37 Å². The maximum atomic E-state index is 13.2. The Balaban J connectivity index is 1.69. The Hall–Kier alpha value is -1.72. The number of aromatic nitrogens is 1. The lowest BCUT2D eigenvalue weighted by Crippen LogP contribution is -2.47. The van der Waals surface area contributed by atoms with Crippen LogP contribution in [0.3, 0.4) is 0 Å². The Morgan fingerprint density at radius 2 is 1.90 bits per heavy atom. The lowest BCUT2D eigenvalue weighted by Gasteiger charge is -2.35. The van der Waals surface area contributed by atoms with Crippen LogP contribution >= 0.6 is 0 Å². The van der Waals surface area contributed by atoms with Gasteiger partial charge in [0.05, 0.1) is 5.52 Å². The molecule has 1 fully saturated rings. The fraction of sp³-hybridized carbons (Fsp3) is 0.438. The molecule has 2 N–H and O–H groups in total. The lowest BCUT2D eigenvalue weighted by molar-refractivity contribution is 0.256. The molecule has 2 aromatic rings. The van der Waals surface area contributed by atoms with Crippen molar-refractivity contribution in [2.24, 2.45) is 5.73 Å². The smallest absolute Gasteiger partial charge is 0.129 e. The van der Waals surface area contributed by atoms with Gasteiger partial charge in [0, 0.05) is 31.6 Å². The Labute approximate surface area is 124 Å². The number of piperazine rings is 1. The number of nitrogens with two attached hydrogens (primary N) is 1. The van der Waals surface area contributed by atoms with Crippen LogP contribution in [0.4, 0.5) is 10.2 Å². The molecule has 2 heterocycles. The topological polar surface area (TPSA) is 45.4 Å². The van der Waals surface area contributed by atoms with Gasteiger partial charge in [0.1, 0.15) is 11.6 Å².